The molecule has 0 bridgehead atoms. The molecule has 1 saturated carbocycles. The Bertz CT molecular complexity index is 984. The summed E-state index contributed by atoms with van der Waals surface area (Å²) in [5, 5.41) is 0. The van der Waals surface area contributed by atoms with E-state index in [4.69, 9.17) is 4.74 Å². The molecule has 1 aliphatic rings. The van der Waals surface area contributed by atoms with Crippen LogP contribution in [0.4, 0.5) is 26.3 Å². The minimum absolute atomic E-state index is 0.0499. The average molecular weight is 472 g/mol. The van der Waals surface area contributed by atoms with Crippen LogP contribution in [0.5, 0.6) is 0 Å². The molecule has 0 aromatic heterocycles. The van der Waals surface area contributed by atoms with Crippen LogP contribution in [-0.2, 0) is 32.0 Å². The van der Waals surface area contributed by atoms with Gasteiger partial charge in [0.1, 0.15) is 0 Å². The van der Waals surface area contributed by atoms with E-state index in [1.807, 2.05) is 30.3 Å². The van der Waals surface area contributed by atoms with E-state index >= 15 is 0 Å². The van der Waals surface area contributed by atoms with Crippen LogP contribution in [0.1, 0.15) is 48.1 Å². The number of hydrogen-bond donors (Lipinski definition) is 0. The van der Waals surface area contributed by atoms with Gasteiger partial charge in [-0.25, -0.2) is 4.79 Å². The molecule has 178 valence electrons. The number of hydrogen-bond acceptors (Lipinski definition) is 3. The molecule has 2 aromatic rings. The fourth-order valence-electron chi connectivity index (χ4n) is 3.92. The molecule has 9 heteroatoms. The molecule has 3 rings (SSSR count). The largest absolute Gasteiger partial charge is 0.466 e. The number of alkyl halides is 6. The molecule has 3 nitrogen and oxygen atoms in total. The normalized spacial score (nSPS) is 19.6. The molecular formula is C24H22F6O3. The van der Waals surface area contributed by atoms with Crippen molar-refractivity contribution in [2.45, 2.75) is 43.6 Å². The fraction of sp³-hybridized carbons (Fsp3) is 0.375. The van der Waals surface area contributed by atoms with Crippen LogP contribution in [-0.4, -0.2) is 19.7 Å². The Morgan fingerprint density at radius 3 is 2.03 bits per heavy atom. The average Bonchev–Trinajstić information content (AvgIpc) is 2.73. The van der Waals surface area contributed by atoms with E-state index in [1.165, 1.54) is 20.1 Å². The number of carbonyl (C=O) groups is 1. The van der Waals surface area contributed by atoms with Gasteiger partial charge in [0.05, 0.1) is 30.9 Å². The van der Waals surface area contributed by atoms with Crippen LogP contribution < -0.4 is 0 Å². The first-order chi connectivity index (χ1) is 15.3. The lowest BCUT2D eigenvalue weighted by molar-refractivity contribution is -0.143. The SMILES string of the molecule is COC(=O)C=C1CC(COC(C)c2cc(C(F)(F)F)cc(C(F)(F)F)c2)(c2ccccc2)C1. The van der Waals surface area contributed by atoms with Gasteiger partial charge in [-0.2, -0.15) is 26.3 Å². The summed E-state index contributed by atoms with van der Waals surface area (Å²) in [6.45, 7) is 1.46. The number of ether oxygens (including phenoxy) is 2. The van der Waals surface area contributed by atoms with Crippen LogP contribution in [0.15, 0.2) is 60.2 Å². The lowest BCUT2D eigenvalue weighted by Crippen LogP contribution is -2.41. The number of allylic oxidation sites excluding steroid dienone is 1. The number of halogens is 6. The fourth-order valence-corrected chi connectivity index (χ4v) is 3.92. The summed E-state index contributed by atoms with van der Waals surface area (Å²) in [6.07, 6.45) is -8.59. The van der Waals surface area contributed by atoms with Crippen LogP contribution in [0.2, 0.25) is 0 Å². The first-order valence-electron chi connectivity index (χ1n) is 10.1. The number of methoxy groups -OCH3 is 1. The van der Waals surface area contributed by atoms with E-state index in [-0.39, 0.29) is 18.2 Å². The maximum Gasteiger partial charge on any atom is 0.416 e. The smallest absolute Gasteiger partial charge is 0.416 e. The van der Waals surface area contributed by atoms with E-state index < -0.39 is 41.0 Å². The van der Waals surface area contributed by atoms with Crippen molar-refractivity contribution in [1.82, 2.24) is 0 Å². The maximum absolute atomic E-state index is 13.2. The molecule has 0 amide bonds. The van der Waals surface area contributed by atoms with E-state index in [2.05, 4.69) is 4.74 Å². The van der Waals surface area contributed by atoms with E-state index in [1.54, 1.807) is 0 Å². The highest BCUT2D eigenvalue weighted by Crippen LogP contribution is 2.48. The van der Waals surface area contributed by atoms with Crippen molar-refractivity contribution in [1.29, 1.82) is 0 Å². The highest BCUT2D eigenvalue weighted by molar-refractivity contribution is 5.83. The summed E-state index contributed by atoms with van der Waals surface area (Å²) in [7, 11) is 1.26. The topological polar surface area (TPSA) is 35.5 Å². The number of carbonyl (C=O) groups excluding carboxylic acids is 1. The van der Waals surface area contributed by atoms with E-state index in [0.717, 1.165) is 11.1 Å². The van der Waals surface area contributed by atoms with Crippen molar-refractivity contribution < 1.29 is 40.6 Å². The van der Waals surface area contributed by atoms with Crippen molar-refractivity contribution >= 4 is 5.97 Å². The van der Waals surface area contributed by atoms with Gasteiger partial charge in [0.25, 0.3) is 0 Å². The first kappa shape index (κ1) is 24.8. The Kier molecular flexibility index (Phi) is 6.93. The van der Waals surface area contributed by atoms with Gasteiger partial charge < -0.3 is 9.47 Å². The highest BCUT2D eigenvalue weighted by atomic mass is 19.4. The van der Waals surface area contributed by atoms with Crippen LogP contribution in [0.3, 0.4) is 0 Å². The molecule has 33 heavy (non-hydrogen) atoms. The van der Waals surface area contributed by atoms with E-state index in [9.17, 15) is 31.1 Å². The predicted octanol–water partition coefficient (Wildman–Crippen LogP) is 6.63. The Hall–Kier alpha value is -2.81. The Balaban J connectivity index is 1.85. The summed E-state index contributed by atoms with van der Waals surface area (Å²) >= 11 is 0. The summed E-state index contributed by atoms with van der Waals surface area (Å²) in [4.78, 5) is 11.5. The van der Waals surface area contributed by atoms with Crippen molar-refractivity contribution in [3.05, 3.63) is 82.4 Å². The van der Waals surface area contributed by atoms with Crippen LogP contribution in [0.25, 0.3) is 0 Å². The summed E-state index contributed by atoms with van der Waals surface area (Å²) in [5.74, 6) is -0.496. The van der Waals surface area contributed by atoms with Gasteiger partial charge in [0, 0.05) is 11.5 Å². The zero-order valence-corrected chi connectivity index (χ0v) is 17.9. The van der Waals surface area contributed by atoms with Gasteiger partial charge in [-0.15, -0.1) is 0 Å². The zero-order chi connectivity index (χ0) is 24.4. The lowest BCUT2D eigenvalue weighted by Gasteiger charge is -2.44. The molecule has 0 saturated heterocycles. The molecule has 1 aliphatic carbocycles. The third-order valence-electron chi connectivity index (χ3n) is 5.73. The van der Waals surface area contributed by atoms with Crippen molar-refractivity contribution in [3.63, 3.8) is 0 Å². The van der Waals surface area contributed by atoms with Crippen molar-refractivity contribution in [2.75, 3.05) is 13.7 Å². The summed E-state index contributed by atoms with van der Waals surface area (Å²) in [6, 6.07) is 10.7. The second-order valence-electron chi connectivity index (χ2n) is 8.12. The molecule has 1 atom stereocenters. The van der Waals surface area contributed by atoms with Gasteiger partial charge >= 0.3 is 18.3 Å². The molecule has 0 spiro atoms. The molecule has 0 heterocycles. The first-order valence-corrected chi connectivity index (χ1v) is 10.1. The standard InChI is InChI=1S/C24H22F6O3/c1-15(17-9-19(23(25,26)27)11-20(10-17)24(28,29)30)33-14-22(18-6-4-3-5-7-18)12-16(13-22)8-21(31)32-2/h3-11,15H,12-14H2,1-2H3. The minimum atomic E-state index is -4.93. The van der Waals surface area contributed by atoms with Gasteiger partial charge in [-0.1, -0.05) is 35.9 Å². The van der Waals surface area contributed by atoms with E-state index in [0.29, 0.717) is 25.0 Å². The second kappa shape index (κ2) is 9.21. The predicted molar refractivity (Wildman–Crippen MR) is 108 cm³/mol. The molecule has 1 fully saturated rings. The Morgan fingerprint density at radius 2 is 1.55 bits per heavy atom. The van der Waals surface area contributed by atoms with Gasteiger partial charge in [0.15, 0.2) is 0 Å². The minimum Gasteiger partial charge on any atom is -0.466 e. The lowest BCUT2D eigenvalue weighted by atomic mass is 9.62. The molecule has 2 aromatic carbocycles. The molecule has 0 N–H and O–H groups in total. The van der Waals surface area contributed by atoms with Gasteiger partial charge in [-0.05, 0) is 49.1 Å². The van der Waals surface area contributed by atoms with Gasteiger partial charge in [-0.3, -0.25) is 0 Å². The monoisotopic (exact) mass is 472 g/mol. The Labute approximate surface area is 187 Å². The van der Waals surface area contributed by atoms with Crippen LogP contribution in [0, 0.1) is 0 Å². The summed E-state index contributed by atoms with van der Waals surface area (Å²) < 4.78 is 89.6. The number of rotatable bonds is 6. The number of benzene rings is 2. The molecule has 0 radical (unpaired) electrons. The van der Waals surface area contributed by atoms with Gasteiger partial charge in [0.2, 0.25) is 0 Å². The third kappa shape index (κ3) is 5.76. The van der Waals surface area contributed by atoms with Crippen molar-refractivity contribution in [3.8, 4) is 0 Å². The maximum atomic E-state index is 13.2. The quantitative estimate of drug-likeness (QED) is 0.269. The van der Waals surface area contributed by atoms with Crippen molar-refractivity contribution in [2.24, 2.45) is 0 Å². The summed E-state index contributed by atoms with van der Waals surface area (Å²) in [5.41, 5.74) is -1.81. The second-order valence-corrected chi connectivity index (χ2v) is 8.12. The molecular weight excluding hydrogens is 450 g/mol. The van der Waals surface area contributed by atoms with Crippen LogP contribution >= 0.6 is 0 Å². The molecule has 0 aliphatic heterocycles. The Morgan fingerprint density at radius 1 is 1.00 bits per heavy atom. The highest BCUT2D eigenvalue weighted by Gasteiger charge is 2.43. The zero-order valence-electron chi connectivity index (χ0n) is 17.9. The number of esters is 1. The molecule has 1 unspecified atom stereocenters. The third-order valence-corrected chi connectivity index (χ3v) is 5.73.